The van der Waals surface area contributed by atoms with E-state index in [4.69, 9.17) is 0 Å². The smallest absolute Gasteiger partial charge is 0.139 e. The van der Waals surface area contributed by atoms with Gasteiger partial charge in [0.25, 0.3) is 0 Å². The maximum absolute atomic E-state index is 12.0. The van der Waals surface area contributed by atoms with E-state index in [0.29, 0.717) is 135 Å². The van der Waals surface area contributed by atoms with Gasteiger partial charge in [-0.2, -0.15) is 47.0 Å². The lowest BCUT2D eigenvalue weighted by molar-refractivity contribution is -0.123. The lowest BCUT2D eigenvalue weighted by atomic mass is 9.71. The van der Waals surface area contributed by atoms with E-state index in [1.807, 2.05) is 47.0 Å². The number of aromatic nitrogens is 5. The second kappa shape index (κ2) is 40.5. The molecule has 5 aromatic heterocycles. The summed E-state index contributed by atoms with van der Waals surface area (Å²) in [6.07, 6.45) is 29.0. The summed E-state index contributed by atoms with van der Waals surface area (Å²) in [7, 11) is 0. The number of Topliss-reactive ketones (excluding diaryl/α,β-unsaturated/α-hetero) is 5. The van der Waals surface area contributed by atoms with Crippen molar-refractivity contribution >= 4 is 130 Å². The van der Waals surface area contributed by atoms with Crippen molar-refractivity contribution in [2.75, 3.05) is 111 Å². The molecule has 15 nitrogen and oxygen atoms in total. The molecule has 10 aromatic rings. The van der Waals surface area contributed by atoms with E-state index in [9.17, 15) is 24.0 Å². The van der Waals surface area contributed by atoms with Gasteiger partial charge in [0.1, 0.15) is 28.9 Å². The van der Waals surface area contributed by atoms with Crippen LogP contribution in [0.3, 0.4) is 0 Å². The highest BCUT2D eigenvalue weighted by atomic mass is 32.2. The van der Waals surface area contributed by atoms with Crippen LogP contribution in [0.4, 0.5) is 0 Å². The average molecular weight is 1720 g/mol. The molecule has 0 saturated carbocycles. The number of aromatic amines is 5. The zero-order valence-electron chi connectivity index (χ0n) is 74.5. The third-order valence-electron chi connectivity index (χ3n) is 29.0. The first-order valence-electron chi connectivity index (χ1n) is 46.8. The molecule has 0 unspecified atom stereocenters. The molecule has 0 amide bonds. The summed E-state index contributed by atoms with van der Waals surface area (Å²) in [5.41, 5.74) is 21.5. The quantitative estimate of drug-likeness (QED) is 0.0328. The van der Waals surface area contributed by atoms with Crippen molar-refractivity contribution in [2.24, 2.45) is 29.6 Å². The van der Waals surface area contributed by atoms with Crippen molar-refractivity contribution in [3.8, 4) is 0 Å². The fourth-order valence-electron chi connectivity index (χ4n) is 24.4. The van der Waals surface area contributed by atoms with Gasteiger partial charge in [0.05, 0.1) is 23.0 Å². The topological polar surface area (TPSA) is 180 Å². The van der Waals surface area contributed by atoms with E-state index >= 15 is 0 Å². The molecule has 5 aliphatic heterocycles. The van der Waals surface area contributed by atoms with Gasteiger partial charge >= 0.3 is 0 Å². The van der Waals surface area contributed by atoms with Crippen LogP contribution >= 0.6 is 47.0 Å². The monoisotopic (exact) mass is 1720 g/mol. The molecule has 10 aliphatic rings. The Morgan fingerprint density at radius 2 is 0.516 bits per heavy atom. The average Bonchev–Trinajstić information content (AvgIpc) is 1.53. The molecule has 19 heteroatoms. The Labute approximate surface area is 742 Å². The zero-order chi connectivity index (χ0) is 84.8. The van der Waals surface area contributed by atoms with E-state index < -0.39 is 0 Å². The number of carbonyl (C=O) groups is 5. The number of ketones is 5. The molecule has 15 atom stereocenters. The van der Waals surface area contributed by atoms with Gasteiger partial charge in [-0.1, -0.05) is 95.3 Å². The molecule has 5 fully saturated rings. The van der Waals surface area contributed by atoms with Crippen LogP contribution in [0.25, 0.3) is 54.5 Å². The fourth-order valence-corrected chi connectivity index (χ4v) is 28.3. The third-order valence-corrected chi connectivity index (χ3v) is 34.3. The number of hydrogen-bond donors (Lipinski definition) is 5. The fraction of sp³-hybridized carbons (Fsp3) is 0.563. The van der Waals surface area contributed by atoms with E-state index in [0.717, 1.165) is 55.4 Å². The Morgan fingerprint density at radius 1 is 0.303 bits per heavy atom. The number of carbonyl (C=O) groups excluding carboxylic acids is 5. The second-order valence-corrected chi connectivity index (χ2v) is 42.2. The van der Waals surface area contributed by atoms with Crippen LogP contribution in [0, 0.1) is 29.6 Å². The standard InChI is InChI=1S/4C21H28N2OS.C19H24N2O/c4*1-3-7-23-11-15(13-25-12-14(2)24)8-18-17-5-4-6-19-21(17)16(10-22-19)9-20(18)23;1-3-7-21-11-14(12(2)22)8-16-15-5-4-6-17-19(15)13(10-20-17)9-18(16)21/h4*4-6,10,15,18,20,22H,3,7-9,11-13H2,1-2H3;4-6,10,14,16,18,20H,3,7-9,11H2,1-2H3/t4*15-,18-,20-;14-,16-,18-/m11111/s1. The minimum absolute atomic E-state index is 0.198. The van der Waals surface area contributed by atoms with Gasteiger partial charge in [-0.15, -0.1) is 0 Å². The van der Waals surface area contributed by atoms with Gasteiger partial charge in [0.15, 0.2) is 0 Å². The zero-order valence-corrected chi connectivity index (χ0v) is 77.7. The Kier molecular flexibility index (Phi) is 29.5. The molecule has 5 saturated heterocycles. The van der Waals surface area contributed by atoms with Crippen LogP contribution < -0.4 is 0 Å². The predicted molar refractivity (Wildman–Crippen MR) is 515 cm³/mol. The lowest BCUT2D eigenvalue weighted by Crippen LogP contribution is -2.51. The van der Waals surface area contributed by atoms with Crippen LogP contribution in [-0.2, 0) is 56.1 Å². The second-order valence-electron chi connectivity index (χ2n) is 38.1. The Bertz CT molecular complexity index is 4770. The molecule has 5 N–H and O–H groups in total. The highest BCUT2D eigenvalue weighted by Crippen LogP contribution is 2.52. The van der Waals surface area contributed by atoms with E-state index in [2.05, 4.69) is 206 Å². The molecule has 122 heavy (non-hydrogen) atoms. The van der Waals surface area contributed by atoms with Gasteiger partial charge in [-0.25, -0.2) is 0 Å². The number of likely N-dealkylation sites (tertiary alicyclic amines) is 5. The number of rotatable bonds is 27. The number of nitrogens with one attached hydrogen (secondary N) is 5. The molecule has 5 aliphatic carbocycles. The van der Waals surface area contributed by atoms with Crippen molar-refractivity contribution in [3.63, 3.8) is 0 Å². The summed E-state index contributed by atoms with van der Waals surface area (Å²) >= 11 is 7.30. The summed E-state index contributed by atoms with van der Waals surface area (Å²) in [5.74, 6) is 14.6. The number of benzene rings is 5. The number of hydrogen-bond acceptors (Lipinski definition) is 14. The minimum Gasteiger partial charge on any atom is -0.361 e. The Hall–Kier alpha value is -6.65. The SMILES string of the molecule is CCCN1C[C@H](C(C)=O)C[C@@H]2c3cccc4[nH]cc(c34)C[C@H]21.CCCN1C[C@H](CSCC(C)=O)C[C@@H]2c3cccc4[nH]cc(c34)C[C@H]21.CCCN1C[C@H](CSCC(C)=O)C[C@@H]2c3cccc4[nH]cc(c34)C[C@H]21.CCCN1C[C@H](CSCC(C)=O)C[C@@H]2c3cccc4[nH]cc(c34)C[C@H]21.CCCN1C[C@H](CSCC(C)=O)C[C@@H]2c3cccc4[nH]cc(c34)C[C@H]21. The van der Waals surface area contributed by atoms with Gasteiger partial charge in [0.2, 0.25) is 0 Å². The molecule has 652 valence electrons. The maximum Gasteiger partial charge on any atom is 0.139 e. The van der Waals surface area contributed by atoms with Crippen molar-refractivity contribution in [2.45, 2.75) is 225 Å². The van der Waals surface area contributed by atoms with E-state index in [-0.39, 0.29) is 5.92 Å². The molecule has 0 bridgehead atoms. The minimum atomic E-state index is 0.198. The van der Waals surface area contributed by atoms with Crippen LogP contribution in [0.5, 0.6) is 0 Å². The third kappa shape index (κ3) is 19.4. The Morgan fingerprint density at radius 3 is 0.721 bits per heavy atom. The summed E-state index contributed by atoms with van der Waals surface area (Å²) in [6, 6.07) is 36.8. The first kappa shape index (κ1) is 88.8. The number of thioether (sulfide) groups is 4. The van der Waals surface area contributed by atoms with Gasteiger partial charge < -0.3 is 24.9 Å². The largest absolute Gasteiger partial charge is 0.361 e. The van der Waals surface area contributed by atoms with Gasteiger partial charge in [-0.3, -0.25) is 48.5 Å². The van der Waals surface area contributed by atoms with Crippen LogP contribution in [-0.4, -0.2) is 220 Å². The molecule has 0 spiro atoms. The van der Waals surface area contributed by atoms with Crippen LogP contribution in [0.15, 0.2) is 122 Å². The number of nitrogens with zero attached hydrogens (tertiary/aromatic N) is 5. The first-order chi connectivity index (χ1) is 59.4. The van der Waals surface area contributed by atoms with Crippen molar-refractivity contribution in [3.05, 3.63) is 178 Å². The summed E-state index contributed by atoms with van der Waals surface area (Å²) in [4.78, 5) is 88.0. The van der Waals surface area contributed by atoms with Crippen molar-refractivity contribution in [1.82, 2.24) is 49.4 Å². The molecule has 10 heterocycles. The normalized spacial score (nSPS) is 26.3. The summed E-state index contributed by atoms with van der Waals surface area (Å²) in [6.45, 7) is 31.5. The molecule has 5 aromatic carbocycles. The number of piperidine rings is 5. The molecule has 0 radical (unpaired) electrons. The van der Waals surface area contributed by atoms with E-state index in [1.165, 1.54) is 217 Å². The highest BCUT2D eigenvalue weighted by molar-refractivity contribution is 8.00. The van der Waals surface area contributed by atoms with E-state index in [1.54, 1.807) is 56.9 Å². The highest BCUT2D eigenvalue weighted by Gasteiger charge is 2.47. The lowest BCUT2D eigenvalue weighted by Gasteiger charge is -2.47. The Balaban J connectivity index is 0.000000113. The summed E-state index contributed by atoms with van der Waals surface area (Å²) < 4.78 is 0. The molecular formula is C103H136N10O5S4. The van der Waals surface area contributed by atoms with Crippen LogP contribution in [0.1, 0.15) is 219 Å². The van der Waals surface area contributed by atoms with Crippen molar-refractivity contribution < 1.29 is 24.0 Å². The molecular weight excluding hydrogens is 1590 g/mol. The first-order valence-corrected chi connectivity index (χ1v) is 51.4. The van der Waals surface area contributed by atoms with Gasteiger partial charge in [-0.05, 0) is 296 Å². The maximum atomic E-state index is 12.0. The number of fused-ring (bicyclic) bond motifs is 10. The summed E-state index contributed by atoms with van der Waals surface area (Å²) in [5, 5.41) is 7.35. The van der Waals surface area contributed by atoms with Crippen LogP contribution in [0.2, 0.25) is 0 Å². The molecule has 20 rings (SSSR count). The number of H-pyrrole nitrogens is 5. The predicted octanol–water partition coefficient (Wildman–Crippen LogP) is 20.4. The van der Waals surface area contributed by atoms with Gasteiger partial charge in [0, 0.05) is 184 Å². The van der Waals surface area contributed by atoms with Crippen molar-refractivity contribution in [1.29, 1.82) is 0 Å².